The molecule has 24 heavy (non-hydrogen) atoms. The summed E-state index contributed by atoms with van der Waals surface area (Å²) in [6.07, 6.45) is 5.69. The van der Waals surface area contributed by atoms with E-state index in [2.05, 4.69) is 22.1 Å². The molecule has 4 nitrogen and oxygen atoms in total. The summed E-state index contributed by atoms with van der Waals surface area (Å²) < 4.78 is 1.93. The fraction of sp³-hybridized carbons (Fsp3) is 0.350. The van der Waals surface area contributed by atoms with Gasteiger partial charge in [0.1, 0.15) is 0 Å². The summed E-state index contributed by atoms with van der Waals surface area (Å²) >= 11 is 0. The van der Waals surface area contributed by atoms with Crippen molar-refractivity contribution in [3.05, 3.63) is 72.1 Å². The summed E-state index contributed by atoms with van der Waals surface area (Å²) in [5.41, 5.74) is 3.50. The van der Waals surface area contributed by atoms with Crippen LogP contribution in [0.25, 0.3) is 5.52 Å². The van der Waals surface area contributed by atoms with Gasteiger partial charge >= 0.3 is 0 Å². The van der Waals surface area contributed by atoms with Gasteiger partial charge in [-0.3, -0.25) is 4.90 Å². The van der Waals surface area contributed by atoms with Crippen LogP contribution in [0, 0.1) is 5.92 Å². The molecule has 4 heteroatoms. The standard InChI is InChI=1S/C20H23N3O/c24-20(16-6-2-1-3-7-16)17-9-12-22(13-10-17)15-18-14-21-23-11-5-4-8-19(18)23/h1-8,11,14,17,20,24H,9-10,12-13,15H2/t20-/m1/s1. The molecule has 1 aliphatic heterocycles. The molecule has 3 heterocycles. The molecule has 1 fully saturated rings. The summed E-state index contributed by atoms with van der Waals surface area (Å²) in [5, 5.41) is 15.0. The highest BCUT2D eigenvalue weighted by molar-refractivity contribution is 5.53. The van der Waals surface area contributed by atoms with Gasteiger partial charge in [-0.1, -0.05) is 36.4 Å². The third kappa shape index (κ3) is 3.07. The average Bonchev–Trinajstić information content (AvgIpc) is 3.06. The summed E-state index contributed by atoms with van der Waals surface area (Å²) in [5.74, 6) is 0.354. The van der Waals surface area contributed by atoms with Gasteiger partial charge < -0.3 is 5.11 Å². The lowest BCUT2D eigenvalue weighted by Crippen LogP contribution is -2.35. The van der Waals surface area contributed by atoms with Gasteiger partial charge in [0.25, 0.3) is 0 Å². The van der Waals surface area contributed by atoms with E-state index in [0.29, 0.717) is 5.92 Å². The van der Waals surface area contributed by atoms with Gasteiger partial charge in [-0.2, -0.15) is 5.10 Å². The van der Waals surface area contributed by atoms with Crippen molar-refractivity contribution >= 4 is 5.52 Å². The number of hydrogen-bond donors (Lipinski definition) is 1. The number of fused-ring (bicyclic) bond motifs is 1. The molecule has 1 aromatic carbocycles. The van der Waals surface area contributed by atoms with E-state index in [1.807, 2.05) is 53.3 Å². The zero-order valence-corrected chi connectivity index (χ0v) is 13.8. The van der Waals surface area contributed by atoms with Crippen LogP contribution in [0.1, 0.15) is 30.1 Å². The van der Waals surface area contributed by atoms with Crippen molar-refractivity contribution in [1.29, 1.82) is 0 Å². The molecule has 0 saturated carbocycles. The number of rotatable bonds is 4. The third-order valence-corrected chi connectivity index (χ3v) is 5.12. The number of likely N-dealkylation sites (tertiary alicyclic amines) is 1. The summed E-state index contributed by atoms with van der Waals surface area (Å²) in [6, 6.07) is 16.2. The van der Waals surface area contributed by atoms with E-state index in [-0.39, 0.29) is 6.10 Å². The van der Waals surface area contributed by atoms with Crippen molar-refractivity contribution in [3.63, 3.8) is 0 Å². The largest absolute Gasteiger partial charge is 0.388 e. The zero-order valence-electron chi connectivity index (χ0n) is 13.8. The Morgan fingerprint density at radius 1 is 1.04 bits per heavy atom. The summed E-state index contributed by atoms with van der Waals surface area (Å²) in [6.45, 7) is 2.99. The number of pyridine rings is 1. The van der Waals surface area contributed by atoms with Crippen LogP contribution in [-0.2, 0) is 6.54 Å². The Morgan fingerprint density at radius 2 is 1.79 bits per heavy atom. The van der Waals surface area contributed by atoms with Crippen LogP contribution in [0.4, 0.5) is 0 Å². The minimum Gasteiger partial charge on any atom is -0.388 e. The molecule has 0 unspecified atom stereocenters. The van der Waals surface area contributed by atoms with Crippen LogP contribution < -0.4 is 0 Å². The first-order chi connectivity index (χ1) is 11.8. The normalized spacial score (nSPS) is 18.0. The Balaban J connectivity index is 1.38. The van der Waals surface area contributed by atoms with Crippen molar-refractivity contribution in [2.24, 2.45) is 5.92 Å². The van der Waals surface area contributed by atoms with E-state index in [1.54, 1.807) is 0 Å². The van der Waals surface area contributed by atoms with Crippen LogP contribution in [0.3, 0.4) is 0 Å². The second-order valence-electron chi connectivity index (χ2n) is 6.67. The maximum atomic E-state index is 10.6. The van der Waals surface area contributed by atoms with E-state index >= 15 is 0 Å². The molecule has 4 rings (SSSR count). The molecule has 0 aliphatic carbocycles. The highest BCUT2D eigenvalue weighted by atomic mass is 16.3. The second-order valence-corrected chi connectivity index (χ2v) is 6.67. The number of nitrogens with zero attached hydrogens (tertiary/aromatic N) is 3. The second kappa shape index (κ2) is 6.75. The topological polar surface area (TPSA) is 40.8 Å². The first-order valence-electron chi connectivity index (χ1n) is 8.68. The molecule has 1 saturated heterocycles. The smallest absolute Gasteiger partial charge is 0.0819 e. The molecule has 0 amide bonds. The Labute approximate surface area is 142 Å². The van der Waals surface area contributed by atoms with Gasteiger partial charge in [0.15, 0.2) is 0 Å². The van der Waals surface area contributed by atoms with Crippen LogP contribution in [-0.4, -0.2) is 32.7 Å². The van der Waals surface area contributed by atoms with Crippen LogP contribution in [0.15, 0.2) is 60.9 Å². The van der Waals surface area contributed by atoms with Gasteiger partial charge in [-0.05, 0) is 49.5 Å². The minimum atomic E-state index is -0.342. The Bertz CT molecular complexity index is 791. The number of benzene rings is 1. The van der Waals surface area contributed by atoms with Crippen molar-refractivity contribution < 1.29 is 5.11 Å². The van der Waals surface area contributed by atoms with Gasteiger partial charge in [-0.25, -0.2) is 4.52 Å². The Hall–Kier alpha value is -2.17. The molecular formula is C20H23N3O. The average molecular weight is 321 g/mol. The molecule has 0 radical (unpaired) electrons. The highest BCUT2D eigenvalue weighted by Gasteiger charge is 2.26. The lowest BCUT2D eigenvalue weighted by atomic mass is 9.87. The molecule has 3 aromatic rings. The number of aliphatic hydroxyl groups excluding tert-OH is 1. The van der Waals surface area contributed by atoms with Crippen molar-refractivity contribution in [2.45, 2.75) is 25.5 Å². The maximum Gasteiger partial charge on any atom is 0.0819 e. The fourth-order valence-electron chi connectivity index (χ4n) is 3.70. The van der Waals surface area contributed by atoms with E-state index in [0.717, 1.165) is 38.0 Å². The van der Waals surface area contributed by atoms with Gasteiger partial charge in [-0.15, -0.1) is 0 Å². The number of piperidine rings is 1. The molecular weight excluding hydrogens is 298 g/mol. The Morgan fingerprint density at radius 3 is 2.58 bits per heavy atom. The van der Waals surface area contributed by atoms with Gasteiger partial charge in [0, 0.05) is 18.3 Å². The van der Waals surface area contributed by atoms with Crippen LogP contribution >= 0.6 is 0 Å². The molecule has 0 spiro atoms. The Kier molecular flexibility index (Phi) is 4.32. The predicted octanol–water partition coefficient (Wildman–Crippen LogP) is 3.28. The third-order valence-electron chi connectivity index (χ3n) is 5.12. The molecule has 0 bridgehead atoms. The van der Waals surface area contributed by atoms with Gasteiger partial charge in [0.2, 0.25) is 0 Å². The summed E-state index contributed by atoms with van der Waals surface area (Å²) in [4.78, 5) is 2.47. The quantitative estimate of drug-likeness (QED) is 0.802. The SMILES string of the molecule is O[C@H](c1ccccc1)C1CCN(Cc2cnn3ccccc23)CC1. The maximum absolute atomic E-state index is 10.6. The first-order valence-corrected chi connectivity index (χ1v) is 8.68. The van der Waals surface area contributed by atoms with E-state index < -0.39 is 0 Å². The fourth-order valence-corrected chi connectivity index (χ4v) is 3.70. The molecule has 1 atom stereocenters. The van der Waals surface area contributed by atoms with Crippen LogP contribution in [0.5, 0.6) is 0 Å². The lowest BCUT2D eigenvalue weighted by molar-refractivity contribution is 0.0569. The minimum absolute atomic E-state index is 0.342. The predicted molar refractivity (Wildman–Crippen MR) is 94.6 cm³/mol. The number of aromatic nitrogens is 2. The summed E-state index contributed by atoms with van der Waals surface area (Å²) in [7, 11) is 0. The molecule has 1 N–H and O–H groups in total. The van der Waals surface area contributed by atoms with Crippen molar-refractivity contribution in [2.75, 3.05) is 13.1 Å². The monoisotopic (exact) mass is 321 g/mol. The van der Waals surface area contributed by atoms with Crippen molar-refractivity contribution in [1.82, 2.24) is 14.5 Å². The highest BCUT2D eigenvalue weighted by Crippen LogP contribution is 2.31. The molecule has 1 aliphatic rings. The first kappa shape index (κ1) is 15.4. The number of aliphatic hydroxyl groups is 1. The molecule has 2 aromatic heterocycles. The van der Waals surface area contributed by atoms with Gasteiger partial charge in [0.05, 0.1) is 17.8 Å². The van der Waals surface area contributed by atoms with Crippen molar-refractivity contribution in [3.8, 4) is 0 Å². The van der Waals surface area contributed by atoms with E-state index in [1.165, 1.54) is 11.1 Å². The van der Waals surface area contributed by atoms with E-state index in [4.69, 9.17) is 0 Å². The number of hydrogen-bond acceptors (Lipinski definition) is 3. The zero-order chi connectivity index (χ0) is 16.4. The lowest BCUT2D eigenvalue weighted by Gasteiger charge is -2.34. The molecule has 124 valence electrons. The van der Waals surface area contributed by atoms with Crippen LogP contribution in [0.2, 0.25) is 0 Å². The van der Waals surface area contributed by atoms with E-state index in [9.17, 15) is 5.11 Å².